The molecule has 1 aromatic carbocycles. The summed E-state index contributed by atoms with van der Waals surface area (Å²) in [4.78, 5) is 29.8. The maximum absolute atomic E-state index is 12.1. The van der Waals surface area contributed by atoms with Gasteiger partial charge in [0, 0.05) is 34.6 Å². The summed E-state index contributed by atoms with van der Waals surface area (Å²) in [7, 11) is 2.97. The molecule has 0 aliphatic carbocycles. The molecule has 1 saturated heterocycles. The maximum atomic E-state index is 12.1. The zero-order valence-corrected chi connectivity index (χ0v) is 17.3. The highest BCUT2D eigenvalue weighted by atomic mass is 16.5. The van der Waals surface area contributed by atoms with Crippen molar-refractivity contribution >= 4 is 16.9 Å². The van der Waals surface area contributed by atoms with E-state index in [1.54, 1.807) is 7.11 Å². The van der Waals surface area contributed by atoms with Crippen molar-refractivity contribution in [3.8, 4) is 5.75 Å². The number of piperidine rings is 1. The molecule has 4 rings (SSSR count). The molecular formula is C22H29N3O4. The molecule has 2 aliphatic heterocycles. The second-order valence-electron chi connectivity index (χ2n) is 8.08. The standard InChI is InChI=1S/C22H29N3O4/c1-4-18-15(12-17(24-27)22(26)29-3)20-14-9-8-13(28-2)11-16(14)23-21(20)19-7-5-6-10-25(18)19/h8-9,11,15,17-19,23H,4-7,10,12H2,1-3H3. The first-order chi connectivity index (χ1) is 14.1. The van der Waals surface area contributed by atoms with E-state index in [1.807, 2.05) is 12.1 Å². The smallest absolute Gasteiger partial charge is 0.334 e. The maximum Gasteiger partial charge on any atom is 0.334 e. The number of nitrogens with one attached hydrogen (secondary N) is 1. The van der Waals surface area contributed by atoms with Crippen LogP contribution in [0.5, 0.6) is 5.75 Å². The molecule has 0 amide bonds. The normalized spacial score (nSPS) is 25.1. The van der Waals surface area contributed by atoms with Crippen molar-refractivity contribution in [2.45, 2.75) is 63.1 Å². The van der Waals surface area contributed by atoms with Crippen molar-refractivity contribution in [1.82, 2.24) is 9.88 Å². The Morgan fingerprint density at radius 1 is 1.34 bits per heavy atom. The molecule has 29 heavy (non-hydrogen) atoms. The summed E-state index contributed by atoms with van der Waals surface area (Å²) >= 11 is 0. The second-order valence-corrected chi connectivity index (χ2v) is 8.08. The van der Waals surface area contributed by atoms with Gasteiger partial charge in [-0.05, 0) is 49.9 Å². The molecule has 0 radical (unpaired) electrons. The summed E-state index contributed by atoms with van der Waals surface area (Å²) in [5, 5.41) is 4.26. The van der Waals surface area contributed by atoms with Crippen molar-refractivity contribution in [2.24, 2.45) is 5.18 Å². The lowest BCUT2D eigenvalue weighted by Crippen LogP contribution is -2.49. The largest absolute Gasteiger partial charge is 0.497 e. The number of hydrogen-bond acceptors (Lipinski definition) is 6. The van der Waals surface area contributed by atoms with Crippen molar-refractivity contribution < 1.29 is 14.3 Å². The average molecular weight is 399 g/mol. The van der Waals surface area contributed by atoms with Crippen LogP contribution in [0.2, 0.25) is 0 Å². The lowest BCUT2D eigenvalue weighted by molar-refractivity contribution is -0.142. The minimum Gasteiger partial charge on any atom is -0.497 e. The Hall–Kier alpha value is -2.41. The summed E-state index contributed by atoms with van der Waals surface area (Å²) in [6, 6.07) is 5.70. The van der Waals surface area contributed by atoms with Crippen molar-refractivity contribution in [2.75, 3.05) is 20.8 Å². The number of carbonyl (C=O) groups is 1. The Morgan fingerprint density at radius 2 is 2.17 bits per heavy atom. The fraction of sp³-hybridized carbons (Fsp3) is 0.591. The van der Waals surface area contributed by atoms with Gasteiger partial charge in [-0.1, -0.05) is 18.5 Å². The third-order valence-electron chi connectivity index (χ3n) is 6.71. The molecule has 0 spiro atoms. The van der Waals surface area contributed by atoms with Crippen LogP contribution < -0.4 is 4.74 Å². The molecule has 0 saturated carbocycles. The highest BCUT2D eigenvalue weighted by Gasteiger charge is 2.44. The lowest BCUT2D eigenvalue weighted by Gasteiger charge is -2.48. The number of rotatable bonds is 6. The summed E-state index contributed by atoms with van der Waals surface area (Å²) < 4.78 is 10.2. The van der Waals surface area contributed by atoms with E-state index in [4.69, 9.17) is 9.47 Å². The van der Waals surface area contributed by atoms with Gasteiger partial charge in [0.05, 0.1) is 20.3 Å². The Bertz CT molecular complexity index is 909. The van der Waals surface area contributed by atoms with Gasteiger partial charge in [-0.25, -0.2) is 4.79 Å². The van der Waals surface area contributed by atoms with Crippen LogP contribution in [0.4, 0.5) is 0 Å². The quantitative estimate of drug-likeness (QED) is 0.579. The van der Waals surface area contributed by atoms with Gasteiger partial charge < -0.3 is 14.5 Å². The molecule has 2 aromatic rings. The molecule has 3 heterocycles. The summed E-state index contributed by atoms with van der Waals surface area (Å²) in [5.41, 5.74) is 3.49. The highest BCUT2D eigenvalue weighted by Crippen LogP contribution is 2.49. The van der Waals surface area contributed by atoms with E-state index in [-0.39, 0.29) is 12.0 Å². The van der Waals surface area contributed by atoms with Crippen LogP contribution in [0, 0.1) is 4.91 Å². The van der Waals surface area contributed by atoms with Crippen LogP contribution in [0.1, 0.15) is 62.2 Å². The number of nitroso groups, excluding NO2 is 1. The van der Waals surface area contributed by atoms with Crippen LogP contribution in [0.3, 0.4) is 0 Å². The van der Waals surface area contributed by atoms with E-state index < -0.39 is 12.0 Å². The number of ether oxygens (including phenoxy) is 2. The Labute approximate surface area is 170 Å². The van der Waals surface area contributed by atoms with Gasteiger partial charge in [0.1, 0.15) is 5.75 Å². The van der Waals surface area contributed by atoms with Crippen molar-refractivity contribution in [3.63, 3.8) is 0 Å². The predicted molar refractivity (Wildman–Crippen MR) is 111 cm³/mol. The zero-order valence-electron chi connectivity index (χ0n) is 17.3. The Kier molecular flexibility index (Phi) is 5.58. The number of methoxy groups -OCH3 is 2. The van der Waals surface area contributed by atoms with Gasteiger partial charge in [-0.15, -0.1) is 4.91 Å². The number of aromatic amines is 1. The van der Waals surface area contributed by atoms with Crippen molar-refractivity contribution in [1.29, 1.82) is 0 Å². The number of carbonyl (C=O) groups excluding carboxylic acids is 1. The van der Waals surface area contributed by atoms with Gasteiger partial charge >= 0.3 is 5.97 Å². The minimum atomic E-state index is -0.989. The van der Waals surface area contributed by atoms with Gasteiger partial charge in [-0.3, -0.25) is 4.90 Å². The van der Waals surface area contributed by atoms with Crippen LogP contribution in [0.15, 0.2) is 23.4 Å². The Morgan fingerprint density at radius 3 is 2.86 bits per heavy atom. The molecule has 156 valence electrons. The van der Waals surface area contributed by atoms with E-state index in [2.05, 4.69) is 28.1 Å². The molecule has 1 aromatic heterocycles. The topological polar surface area (TPSA) is 84.0 Å². The first-order valence-corrected chi connectivity index (χ1v) is 10.5. The monoisotopic (exact) mass is 399 g/mol. The van der Waals surface area contributed by atoms with E-state index >= 15 is 0 Å². The number of hydrogen-bond donors (Lipinski definition) is 1. The molecular weight excluding hydrogens is 370 g/mol. The van der Waals surface area contributed by atoms with Gasteiger partial charge in [-0.2, -0.15) is 0 Å². The minimum absolute atomic E-state index is 0.0355. The SMILES string of the molecule is CCC1C(CC(N=O)C(=O)OC)c2c([nH]c3cc(OC)ccc23)C2CCCCN21. The second kappa shape index (κ2) is 8.14. The van der Waals surface area contributed by atoms with Crippen LogP contribution >= 0.6 is 0 Å². The molecule has 2 aliphatic rings. The van der Waals surface area contributed by atoms with Gasteiger partial charge in [0.15, 0.2) is 6.04 Å². The molecule has 4 atom stereocenters. The summed E-state index contributed by atoms with van der Waals surface area (Å²) in [5.74, 6) is 0.286. The lowest BCUT2D eigenvalue weighted by atomic mass is 9.75. The molecule has 1 N–H and O–H groups in total. The fourth-order valence-electron chi connectivity index (χ4n) is 5.45. The number of benzene rings is 1. The van der Waals surface area contributed by atoms with Crippen LogP contribution in [-0.2, 0) is 9.53 Å². The van der Waals surface area contributed by atoms with E-state index in [1.165, 1.54) is 31.2 Å². The average Bonchev–Trinajstić information content (AvgIpc) is 3.15. The van der Waals surface area contributed by atoms with E-state index in [0.717, 1.165) is 36.0 Å². The third kappa shape index (κ3) is 3.31. The Balaban J connectivity index is 1.86. The van der Waals surface area contributed by atoms with E-state index in [0.29, 0.717) is 12.5 Å². The molecule has 7 nitrogen and oxygen atoms in total. The molecule has 7 heteroatoms. The summed E-state index contributed by atoms with van der Waals surface area (Å²) in [6.07, 6.45) is 4.82. The van der Waals surface area contributed by atoms with E-state index in [9.17, 15) is 9.70 Å². The number of esters is 1. The third-order valence-corrected chi connectivity index (χ3v) is 6.71. The first kappa shape index (κ1) is 19.9. The van der Waals surface area contributed by atoms with Gasteiger partial charge in [0.2, 0.25) is 0 Å². The number of aromatic nitrogens is 1. The molecule has 0 bridgehead atoms. The van der Waals surface area contributed by atoms with Crippen LogP contribution in [-0.4, -0.2) is 48.7 Å². The number of H-pyrrole nitrogens is 1. The number of nitrogens with zero attached hydrogens (tertiary/aromatic N) is 2. The predicted octanol–water partition coefficient (Wildman–Crippen LogP) is 4.28. The number of fused-ring (bicyclic) bond motifs is 5. The zero-order chi connectivity index (χ0) is 20.5. The molecule has 4 unspecified atom stereocenters. The van der Waals surface area contributed by atoms with Gasteiger partial charge in [0.25, 0.3) is 0 Å². The first-order valence-electron chi connectivity index (χ1n) is 10.5. The van der Waals surface area contributed by atoms with Crippen molar-refractivity contribution in [3.05, 3.63) is 34.4 Å². The van der Waals surface area contributed by atoms with Crippen LogP contribution in [0.25, 0.3) is 10.9 Å². The molecule has 1 fully saturated rings. The highest BCUT2D eigenvalue weighted by molar-refractivity contribution is 5.87. The fourth-order valence-corrected chi connectivity index (χ4v) is 5.45. The summed E-state index contributed by atoms with van der Waals surface area (Å²) in [6.45, 7) is 3.23.